The second kappa shape index (κ2) is 20.2. The van der Waals surface area contributed by atoms with Gasteiger partial charge in [-0.3, -0.25) is 0 Å². The molecule has 0 saturated heterocycles. The molecule has 0 radical (unpaired) electrons. The van der Waals surface area contributed by atoms with E-state index in [9.17, 15) is 0 Å². The van der Waals surface area contributed by atoms with Gasteiger partial charge in [0.1, 0.15) is 0 Å². The smallest absolute Gasteiger partial charge is 0.179 e. The number of hydrogen-bond acceptors (Lipinski definition) is 1. The average Bonchev–Trinajstić information content (AvgIpc) is 4.36. The quantitative estimate of drug-likeness (QED) is 0.0881. The Labute approximate surface area is 486 Å². The van der Waals surface area contributed by atoms with Crippen LogP contribution in [0.2, 0.25) is 0 Å². The van der Waals surface area contributed by atoms with Crippen LogP contribution in [0.25, 0.3) is 82.5 Å². The van der Waals surface area contributed by atoms with Gasteiger partial charge in [-0.15, -0.1) is 0 Å². The van der Waals surface area contributed by atoms with E-state index in [1.54, 1.807) is 0 Å². The Balaban J connectivity index is 0.885. The molecule has 398 valence electrons. The van der Waals surface area contributed by atoms with Gasteiger partial charge in [0.25, 0.3) is 0 Å². The standard InChI is InChI=1S/C78H62N4Si/c1-53(2)55-32-48-76-71(50-55)68-27-15-18-30-74(68)80(76)60-40-34-57(35-41-60)79(58-36-42-61(43-37-58)81-75-31-19-16-28-69(75)72-51-56(54(3)4)33-49-77(72)81)59-38-44-62(45-39-59)82-73-29-17-14-26-67(73)70-47-46-66(52-78(70)82)83(63-20-8-5-9-21-63,64-22-10-6-11-23-64)65-24-12-7-13-25-65/h5-54H,1-4H3. The molecule has 0 aliphatic heterocycles. The molecule has 0 spiro atoms. The number of para-hydroxylation sites is 3. The first-order valence-electron chi connectivity index (χ1n) is 29.2. The van der Waals surface area contributed by atoms with Crippen molar-refractivity contribution in [1.82, 2.24) is 13.7 Å². The summed E-state index contributed by atoms with van der Waals surface area (Å²) in [5, 5.41) is 13.0. The predicted molar refractivity (Wildman–Crippen MR) is 356 cm³/mol. The SMILES string of the molecule is CC(C)c1ccc2c(c1)c1ccccc1n2-c1ccc(N(c2ccc(-n3c4ccccc4c4cc(C(C)C)ccc43)cc2)c2ccc(-n3c4ccccc4c4ccc([Si](c5ccccc5)(c5ccccc5)c5ccccc5)cc43)cc2)cc1. The molecule has 0 saturated carbocycles. The van der Waals surface area contributed by atoms with E-state index in [0.717, 1.165) is 34.1 Å². The van der Waals surface area contributed by atoms with E-state index in [2.05, 4.69) is 337 Å². The zero-order chi connectivity index (χ0) is 55.8. The van der Waals surface area contributed by atoms with E-state index >= 15 is 0 Å². The van der Waals surface area contributed by atoms with Gasteiger partial charge in [-0.2, -0.15) is 0 Å². The van der Waals surface area contributed by atoms with Crippen molar-refractivity contribution in [3.05, 3.63) is 302 Å². The molecule has 0 amide bonds. The van der Waals surface area contributed by atoms with Crippen molar-refractivity contribution < 1.29 is 0 Å². The molecule has 15 rings (SSSR count). The number of rotatable bonds is 12. The summed E-state index contributed by atoms with van der Waals surface area (Å²) in [6.07, 6.45) is 0. The highest BCUT2D eigenvalue weighted by Gasteiger charge is 2.41. The van der Waals surface area contributed by atoms with Crippen LogP contribution in [0.3, 0.4) is 0 Å². The second-order valence-corrected chi connectivity index (χ2v) is 26.7. The third kappa shape index (κ3) is 8.17. The van der Waals surface area contributed by atoms with E-state index in [4.69, 9.17) is 0 Å². The number of aromatic nitrogens is 3. The van der Waals surface area contributed by atoms with Crippen molar-refractivity contribution in [1.29, 1.82) is 0 Å². The number of nitrogens with zero attached hydrogens (tertiary/aromatic N) is 4. The van der Waals surface area contributed by atoms with Gasteiger partial charge in [-0.1, -0.05) is 198 Å². The van der Waals surface area contributed by atoms with Crippen molar-refractivity contribution in [2.24, 2.45) is 0 Å². The van der Waals surface area contributed by atoms with Crippen molar-refractivity contribution in [2.45, 2.75) is 39.5 Å². The Morgan fingerprint density at radius 2 is 0.566 bits per heavy atom. The monoisotopic (exact) mass is 1080 g/mol. The number of anilines is 3. The zero-order valence-electron chi connectivity index (χ0n) is 47.2. The second-order valence-electron chi connectivity index (χ2n) is 22.9. The van der Waals surface area contributed by atoms with E-state index in [1.807, 2.05) is 0 Å². The highest BCUT2D eigenvalue weighted by Crippen LogP contribution is 2.41. The largest absolute Gasteiger partial charge is 0.310 e. The van der Waals surface area contributed by atoms with E-state index < -0.39 is 8.07 Å². The van der Waals surface area contributed by atoms with Crippen LogP contribution in [0.15, 0.2) is 291 Å². The van der Waals surface area contributed by atoms with E-state index in [-0.39, 0.29) is 0 Å². The predicted octanol–water partition coefficient (Wildman–Crippen LogP) is 18.1. The van der Waals surface area contributed by atoms with Gasteiger partial charge in [-0.25, -0.2) is 0 Å². The first kappa shape index (κ1) is 50.1. The van der Waals surface area contributed by atoms with Crippen LogP contribution in [0.5, 0.6) is 0 Å². The van der Waals surface area contributed by atoms with Crippen molar-refractivity contribution in [3.8, 4) is 17.1 Å². The molecular weight excluding hydrogens is 1020 g/mol. The maximum atomic E-state index is 2.51. The summed E-state index contributed by atoms with van der Waals surface area (Å²) in [5.41, 5.74) is 16.5. The third-order valence-corrected chi connectivity index (χ3v) is 22.3. The molecule has 3 aromatic heterocycles. The maximum absolute atomic E-state index is 2.82. The summed E-state index contributed by atoms with van der Waals surface area (Å²) in [4.78, 5) is 2.41. The minimum absolute atomic E-state index is 0.441. The molecule has 4 nitrogen and oxygen atoms in total. The summed E-state index contributed by atoms with van der Waals surface area (Å²) < 4.78 is 7.33. The van der Waals surface area contributed by atoms with Crippen LogP contribution in [-0.2, 0) is 0 Å². The Hall–Kier alpha value is -9.94. The van der Waals surface area contributed by atoms with Crippen LogP contribution >= 0.6 is 0 Å². The number of hydrogen-bond donors (Lipinski definition) is 0. The molecule has 5 heteroatoms. The Kier molecular flexibility index (Phi) is 12.2. The third-order valence-electron chi connectivity index (χ3n) is 17.6. The lowest BCUT2D eigenvalue weighted by Crippen LogP contribution is -2.74. The molecule has 0 aliphatic carbocycles. The van der Waals surface area contributed by atoms with Gasteiger partial charge in [0.15, 0.2) is 8.07 Å². The molecule has 15 aromatic rings. The van der Waals surface area contributed by atoms with Crippen LogP contribution in [-0.4, -0.2) is 21.8 Å². The minimum Gasteiger partial charge on any atom is -0.310 e. The molecule has 0 N–H and O–H groups in total. The fourth-order valence-electron chi connectivity index (χ4n) is 13.5. The fraction of sp³-hybridized carbons (Fsp3) is 0.0769. The minimum atomic E-state index is -2.82. The lowest BCUT2D eigenvalue weighted by Gasteiger charge is -2.34. The lowest BCUT2D eigenvalue weighted by atomic mass is 10.0. The fourth-order valence-corrected chi connectivity index (χ4v) is 18.3. The summed E-state index contributed by atoms with van der Waals surface area (Å²) in [6, 6.07) is 109. The van der Waals surface area contributed by atoms with Crippen LogP contribution in [0.1, 0.15) is 50.7 Å². The Morgan fingerprint density at radius 1 is 0.253 bits per heavy atom. The molecule has 12 aromatic carbocycles. The summed E-state index contributed by atoms with van der Waals surface area (Å²) >= 11 is 0. The van der Waals surface area contributed by atoms with Crippen molar-refractivity contribution in [2.75, 3.05) is 4.90 Å². The van der Waals surface area contributed by atoms with Gasteiger partial charge in [-0.05, 0) is 165 Å². The molecule has 0 atom stereocenters. The first-order valence-corrected chi connectivity index (χ1v) is 31.2. The van der Waals surface area contributed by atoms with Gasteiger partial charge in [0.05, 0.1) is 33.1 Å². The summed E-state index contributed by atoms with van der Waals surface area (Å²) in [5.74, 6) is 0.882. The normalized spacial score (nSPS) is 12.1. The molecular formula is C78H62N4Si. The number of fused-ring (bicyclic) bond motifs is 9. The lowest BCUT2D eigenvalue weighted by molar-refractivity contribution is 0.868. The highest BCUT2D eigenvalue weighted by molar-refractivity contribution is 7.20. The van der Waals surface area contributed by atoms with Crippen LogP contribution in [0, 0.1) is 0 Å². The van der Waals surface area contributed by atoms with Crippen LogP contribution in [0.4, 0.5) is 17.1 Å². The average molecular weight is 1080 g/mol. The van der Waals surface area contributed by atoms with E-state index in [1.165, 1.54) is 97.3 Å². The summed E-state index contributed by atoms with van der Waals surface area (Å²) in [6.45, 7) is 9.09. The van der Waals surface area contributed by atoms with Crippen molar-refractivity contribution >= 4 is 111 Å². The van der Waals surface area contributed by atoms with Gasteiger partial charge >= 0.3 is 0 Å². The first-order chi connectivity index (χ1) is 40.8. The molecule has 3 heterocycles. The maximum Gasteiger partial charge on any atom is 0.179 e. The Bertz CT molecular complexity index is 4610. The van der Waals surface area contributed by atoms with Crippen LogP contribution < -0.4 is 25.6 Å². The zero-order valence-corrected chi connectivity index (χ0v) is 48.2. The van der Waals surface area contributed by atoms with Crippen molar-refractivity contribution in [3.63, 3.8) is 0 Å². The molecule has 0 unspecified atom stereocenters. The molecule has 83 heavy (non-hydrogen) atoms. The molecule has 0 fully saturated rings. The number of benzene rings is 12. The van der Waals surface area contributed by atoms with Gasteiger partial charge in [0, 0.05) is 66.4 Å². The summed E-state index contributed by atoms with van der Waals surface area (Å²) in [7, 11) is -2.82. The molecule has 0 aliphatic rings. The van der Waals surface area contributed by atoms with Gasteiger partial charge in [0.2, 0.25) is 0 Å². The topological polar surface area (TPSA) is 18.0 Å². The molecule has 0 bridgehead atoms. The Morgan fingerprint density at radius 3 is 0.940 bits per heavy atom. The van der Waals surface area contributed by atoms with E-state index in [0.29, 0.717) is 11.8 Å². The van der Waals surface area contributed by atoms with Gasteiger partial charge < -0.3 is 18.6 Å². The highest BCUT2D eigenvalue weighted by atomic mass is 28.3.